The first-order valence-electron chi connectivity index (χ1n) is 24.9. The van der Waals surface area contributed by atoms with Crippen LogP contribution in [0.1, 0.15) is 26.3 Å². The zero-order valence-electron chi connectivity index (χ0n) is 46.5. The summed E-state index contributed by atoms with van der Waals surface area (Å²) in [6.07, 6.45) is 1.06. The Morgan fingerprint density at radius 3 is 1.17 bits per heavy atom. The molecule has 5 nitrogen and oxygen atoms in total. The Morgan fingerprint density at radius 2 is 0.800 bits per heavy atom. The summed E-state index contributed by atoms with van der Waals surface area (Å²) in [5.41, 5.74) is 7.23. The minimum Gasteiger partial charge on any atom is -0.184 e. The second-order valence-electron chi connectivity index (χ2n) is 17.6. The van der Waals surface area contributed by atoms with Gasteiger partial charge in [-0.2, -0.15) is 36.4 Å². The standard InChI is InChI=1S/C26H28N2Te.C17H18ClN3.2C6H6Te.C6H5.C2H6.3Li/c1-6-21-24-16-18(27(2)3)12-14-22(24)23-15-13-19(28(4)5)17-25(23)26(21)29-20-10-8-7-9-11-20;1-20(2)11-5-7-13-14-8-6-12(21(3)4)10-16(14)19-17(18)15(13)9-11;2*7-6-4-2-1-3-5-6;1-2-4-6-5-3-1;1-2;;;/h7-17H,6H2,1-5H3;5-10H,1-4H3;2*1-5,7H;1-5H;1-2H3;;;/q;;;;-1;;3*+1/p-2. The molecule has 372 valence electrons. The number of benzene rings is 9. The van der Waals surface area contributed by atoms with Crippen molar-refractivity contribution in [3.8, 4) is 0 Å². The predicted octanol–water partition coefficient (Wildman–Crippen LogP) is 8.23. The van der Waals surface area contributed by atoms with Crippen LogP contribution in [-0.4, -0.2) is 147 Å². The second-order valence-corrected chi connectivity index (χ2v) is 26.0. The molecule has 1 aromatic heterocycles. The largest absolute Gasteiger partial charge is 0.184 e. The molecular weight excluding hydrogens is 1270 g/mol. The number of pyridine rings is 1. The number of nitrogens with zero attached hydrogens (tertiary/aromatic N) is 5. The maximum Gasteiger partial charge on any atom is -0.171 e. The quantitative estimate of drug-likeness (QED) is 0.0629. The molecule has 0 aliphatic rings. The Kier molecular flexibility index (Phi) is 29.1. The number of aromatic nitrogens is 1. The van der Waals surface area contributed by atoms with Crippen molar-refractivity contribution in [2.45, 2.75) is 27.2 Å². The molecular formula is C63H67ClLi3N5Te3. The fourth-order valence-electron chi connectivity index (χ4n) is 7.84. The van der Waals surface area contributed by atoms with Crippen molar-refractivity contribution < 1.29 is 18.9 Å². The van der Waals surface area contributed by atoms with Crippen LogP contribution in [0.4, 0.5) is 22.7 Å². The minimum atomic E-state index is -0.490. The normalized spacial score (nSPS) is 10.1. The number of aryl methyl sites for hydroxylation is 1. The number of rotatable bonds is 9. The summed E-state index contributed by atoms with van der Waals surface area (Å²) in [7, 11) is 16.6. The number of halogens is 1. The van der Waals surface area contributed by atoms with Crippen molar-refractivity contribution in [2.24, 2.45) is 0 Å². The fourth-order valence-corrected chi connectivity index (χ4v) is 13.9. The van der Waals surface area contributed by atoms with E-state index in [0.717, 1.165) is 39.5 Å². The van der Waals surface area contributed by atoms with Gasteiger partial charge in [-0.25, -0.2) is 4.98 Å². The van der Waals surface area contributed by atoms with Gasteiger partial charge in [0.1, 0.15) is 5.15 Å². The van der Waals surface area contributed by atoms with Gasteiger partial charge in [0.2, 0.25) is 0 Å². The van der Waals surface area contributed by atoms with E-state index in [9.17, 15) is 0 Å². The van der Waals surface area contributed by atoms with Gasteiger partial charge in [0.05, 0.1) is 5.52 Å². The summed E-state index contributed by atoms with van der Waals surface area (Å²) in [6, 6.07) is 71.4. The average molecular weight is 1330 g/mol. The van der Waals surface area contributed by atoms with Crippen LogP contribution >= 0.6 is 11.6 Å². The molecule has 0 bridgehead atoms. The number of anilines is 4. The molecule has 1 heterocycles. The van der Waals surface area contributed by atoms with Crippen LogP contribution in [0.3, 0.4) is 0 Å². The Hall–Kier alpha value is -3.18. The third kappa shape index (κ3) is 19.0. The molecule has 0 unspecified atom stereocenters. The smallest absolute Gasteiger partial charge is 0.171 e. The van der Waals surface area contributed by atoms with Gasteiger partial charge in [0.25, 0.3) is 0 Å². The molecule has 10 rings (SSSR count). The third-order valence-electron chi connectivity index (χ3n) is 11.8. The zero-order valence-corrected chi connectivity index (χ0v) is 54.3. The van der Waals surface area contributed by atoms with Crippen molar-refractivity contribution in [1.29, 1.82) is 0 Å². The zero-order chi connectivity index (χ0) is 53.6. The second kappa shape index (κ2) is 34.0. The molecule has 0 N–H and O–H groups in total. The molecule has 0 aliphatic carbocycles. The molecule has 9 aromatic carbocycles. The molecule has 0 aliphatic heterocycles. The van der Waals surface area contributed by atoms with Gasteiger partial charge in [-0.3, -0.25) is 0 Å². The molecule has 0 saturated carbocycles. The fraction of sp³-hybridized carbons (Fsp3) is 0.190. The van der Waals surface area contributed by atoms with E-state index in [-0.39, 0.29) is 55.4 Å². The van der Waals surface area contributed by atoms with Crippen LogP contribution in [0.25, 0.3) is 43.2 Å². The molecule has 0 radical (unpaired) electrons. The van der Waals surface area contributed by atoms with Gasteiger partial charge < -0.3 is 9.80 Å². The van der Waals surface area contributed by atoms with E-state index in [2.05, 4.69) is 258 Å². The maximum atomic E-state index is 6.40. The van der Waals surface area contributed by atoms with Crippen molar-refractivity contribution in [1.82, 2.24) is 4.98 Å². The summed E-state index contributed by atoms with van der Waals surface area (Å²) >= 11 is 10.8. The Labute approximate surface area is 509 Å². The molecule has 12 heteroatoms. The number of hydrogen-bond acceptors (Lipinski definition) is 5. The van der Waals surface area contributed by atoms with Gasteiger partial charge in [0.15, 0.2) is 0 Å². The molecule has 0 atom stereocenters. The van der Waals surface area contributed by atoms with E-state index in [0.29, 0.717) is 5.15 Å². The van der Waals surface area contributed by atoms with Crippen LogP contribution in [-0.2, 0) is 6.42 Å². The SMILES string of the molecule is CC.CCc1c([Te]c2ccccc2)c2cc(N(C)C)ccc2c2ccc(N(C)C)cc12.CN(C)c1ccc2c(c1)nc(Cl)c1cc(N(C)C)ccc12.[Li+].[Li][Te]c1ccccc1.[Li][Te]c1ccccc1.[c-]1ccccc1. The first-order valence-corrected chi connectivity index (χ1v) is 34.6. The van der Waals surface area contributed by atoms with E-state index in [4.69, 9.17) is 11.6 Å². The Bertz CT molecular complexity index is 3200. The molecule has 75 heavy (non-hydrogen) atoms. The molecule has 0 fully saturated rings. The van der Waals surface area contributed by atoms with Crippen molar-refractivity contribution >= 4 is 178 Å². The Balaban J connectivity index is 0.000000228. The van der Waals surface area contributed by atoms with Crippen LogP contribution in [0.15, 0.2) is 194 Å². The average Bonchev–Trinajstić information content (AvgIpc) is 3.45. The predicted molar refractivity (Wildman–Crippen MR) is 336 cm³/mol. The van der Waals surface area contributed by atoms with Crippen molar-refractivity contribution in [2.75, 3.05) is 76.0 Å². The van der Waals surface area contributed by atoms with Crippen LogP contribution in [0, 0.1) is 6.07 Å². The Morgan fingerprint density at radius 1 is 0.440 bits per heavy atom. The molecule has 0 amide bonds. The summed E-state index contributed by atoms with van der Waals surface area (Å²) in [5.74, 6) is 0. The van der Waals surface area contributed by atoms with E-state index < -0.39 is 20.9 Å². The van der Waals surface area contributed by atoms with Crippen LogP contribution in [0.2, 0.25) is 5.15 Å². The van der Waals surface area contributed by atoms with Gasteiger partial charge >= 0.3 is 337 Å². The van der Waals surface area contributed by atoms with E-state index in [1.54, 1.807) is 3.61 Å². The molecule has 0 spiro atoms. The number of fused-ring (bicyclic) bond motifs is 6. The summed E-state index contributed by atoms with van der Waals surface area (Å²) in [5, 5.41) is 9.42. The summed E-state index contributed by atoms with van der Waals surface area (Å²) < 4.78 is 6.16. The third-order valence-corrected chi connectivity index (χ3v) is 19.7. The minimum absolute atomic E-state index is 0. The molecule has 0 saturated heterocycles. The first-order chi connectivity index (χ1) is 35.8. The monoisotopic (exact) mass is 1340 g/mol. The maximum absolute atomic E-state index is 6.40. The first kappa shape index (κ1) is 64.3. The van der Waals surface area contributed by atoms with E-state index in [1.807, 2.05) is 72.4 Å². The van der Waals surface area contributed by atoms with Gasteiger partial charge in [-0.1, -0.05) is 37.6 Å². The van der Waals surface area contributed by atoms with Crippen molar-refractivity contribution in [3.63, 3.8) is 0 Å². The van der Waals surface area contributed by atoms with Gasteiger partial charge in [-0.05, 0) is 29.7 Å². The van der Waals surface area contributed by atoms with Crippen LogP contribution in [0.5, 0.6) is 0 Å². The molecule has 10 aromatic rings. The van der Waals surface area contributed by atoms with Gasteiger partial charge in [0, 0.05) is 50.3 Å². The van der Waals surface area contributed by atoms with Crippen LogP contribution < -0.4 is 52.9 Å². The van der Waals surface area contributed by atoms with Crippen molar-refractivity contribution in [3.05, 3.63) is 211 Å². The van der Waals surface area contributed by atoms with Gasteiger partial charge in [-0.15, -0.1) is 0 Å². The summed E-state index contributed by atoms with van der Waals surface area (Å²) in [4.78, 5) is 13.1. The topological polar surface area (TPSA) is 25.9 Å². The van der Waals surface area contributed by atoms with E-state index in [1.165, 1.54) is 49.3 Å². The number of hydrogen-bond donors (Lipinski definition) is 0. The summed E-state index contributed by atoms with van der Waals surface area (Å²) in [6.45, 7) is 6.31. The van der Waals surface area contributed by atoms with E-state index >= 15 is 0 Å².